The molecule has 1 nitrogen and oxygen atoms in total. The van der Waals surface area contributed by atoms with Gasteiger partial charge in [0.15, 0.2) is 0 Å². The van der Waals surface area contributed by atoms with Crippen molar-refractivity contribution in [3.63, 3.8) is 0 Å². The summed E-state index contributed by atoms with van der Waals surface area (Å²) in [6.45, 7) is 0. The van der Waals surface area contributed by atoms with E-state index in [-0.39, 0.29) is 0 Å². The molecule has 3 heteroatoms. The van der Waals surface area contributed by atoms with E-state index in [1.54, 1.807) is 7.11 Å². The zero-order valence-electron chi connectivity index (χ0n) is 15.9. The van der Waals surface area contributed by atoms with Crippen LogP contribution < -0.4 is 4.74 Å². The van der Waals surface area contributed by atoms with Crippen LogP contribution in [0.25, 0.3) is 21.5 Å². The molecule has 4 aromatic rings. The summed E-state index contributed by atoms with van der Waals surface area (Å²) in [4.78, 5) is 0. The second-order valence-corrected chi connectivity index (χ2v) is 9.11. The molecule has 0 fully saturated rings. The summed E-state index contributed by atoms with van der Waals surface area (Å²) in [7, 11) is 1.80. The number of methoxy groups -OCH3 is 1. The molecule has 2 heterocycles. The molecule has 2 aliphatic heterocycles. The normalized spacial score (nSPS) is 14.5. The van der Waals surface area contributed by atoms with E-state index < -0.39 is 0 Å². The van der Waals surface area contributed by atoms with Gasteiger partial charge in [0, 0.05) is 34.1 Å². The van der Waals surface area contributed by atoms with Crippen LogP contribution in [0.5, 0.6) is 5.75 Å². The average Bonchev–Trinajstić information content (AvgIpc) is 2.75. The Hall–Kier alpha value is -2.10. The number of fused-ring (bicyclic) bond motifs is 4. The molecule has 6 rings (SSSR count). The topological polar surface area (TPSA) is 9.23 Å². The van der Waals surface area contributed by atoms with Crippen LogP contribution >= 0.6 is 23.5 Å². The number of ether oxygens (including phenoxy) is 1. The first-order valence-corrected chi connectivity index (χ1v) is 11.9. The molecule has 140 valence electrons. The van der Waals surface area contributed by atoms with Gasteiger partial charge in [-0.05, 0) is 32.7 Å². The van der Waals surface area contributed by atoms with Crippen LogP contribution in [0.15, 0.2) is 66.7 Å². The minimum absolute atomic E-state index is 0.964. The van der Waals surface area contributed by atoms with Gasteiger partial charge in [0.05, 0.1) is 7.11 Å². The van der Waals surface area contributed by atoms with Gasteiger partial charge in [-0.1, -0.05) is 66.7 Å². The lowest BCUT2D eigenvalue weighted by Gasteiger charge is -2.16. The van der Waals surface area contributed by atoms with Gasteiger partial charge in [-0.15, -0.1) is 0 Å². The number of hydrogen-bond acceptors (Lipinski definition) is 3. The summed E-state index contributed by atoms with van der Waals surface area (Å²) < 4.78 is 5.81. The summed E-state index contributed by atoms with van der Waals surface area (Å²) >= 11 is 3.95. The minimum atomic E-state index is 0.964. The summed E-state index contributed by atoms with van der Waals surface area (Å²) in [5.74, 6) is 5.00. The standard InChI is InChI=1S/C25H22OS2/c1-26-25-17-7-6-8-18(25)14-28-16-24-20-10-3-2-9-19(20)23(15-27-13-17)21-11-4-5-12-22(21)24/h2-12H,13-16H2,1H3. The van der Waals surface area contributed by atoms with E-state index in [0.29, 0.717) is 0 Å². The van der Waals surface area contributed by atoms with E-state index in [0.717, 1.165) is 28.8 Å². The van der Waals surface area contributed by atoms with E-state index in [9.17, 15) is 0 Å². The Morgan fingerprint density at radius 2 is 1.00 bits per heavy atom. The van der Waals surface area contributed by atoms with E-state index >= 15 is 0 Å². The van der Waals surface area contributed by atoms with Gasteiger partial charge in [-0.2, -0.15) is 23.5 Å². The highest BCUT2D eigenvalue weighted by atomic mass is 32.2. The van der Waals surface area contributed by atoms with Crippen molar-refractivity contribution in [2.45, 2.75) is 23.0 Å². The SMILES string of the molecule is COc1c2cccc1CSCc1c3ccccc3c(c3ccccc13)CSC2. The first kappa shape index (κ1) is 18.0. The molecule has 4 bridgehead atoms. The molecule has 0 saturated heterocycles. The lowest BCUT2D eigenvalue weighted by atomic mass is 9.93. The van der Waals surface area contributed by atoms with Crippen LogP contribution in [0.3, 0.4) is 0 Å². The molecular formula is C25H22OS2. The molecule has 0 aromatic heterocycles. The quantitative estimate of drug-likeness (QED) is 0.312. The molecule has 0 spiro atoms. The Morgan fingerprint density at radius 3 is 1.39 bits per heavy atom. The van der Waals surface area contributed by atoms with Gasteiger partial charge in [0.25, 0.3) is 0 Å². The molecular weight excluding hydrogens is 380 g/mol. The molecule has 0 aliphatic carbocycles. The number of para-hydroxylation sites is 1. The highest BCUT2D eigenvalue weighted by molar-refractivity contribution is 7.98. The van der Waals surface area contributed by atoms with E-state index in [4.69, 9.17) is 4.74 Å². The first-order valence-electron chi connectivity index (χ1n) is 9.58. The Labute approximate surface area is 174 Å². The van der Waals surface area contributed by atoms with Crippen molar-refractivity contribution in [1.29, 1.82) is 0 Å². The first-order chi connectivity index (χ1) is 13.9. The van der Waals surface area contributed by atoms with Crippen molar-refractivity contribution in [2.24, 2.45) is 0 Å². The number of thioether (sulfide) groups is 2. The maximum Gasteiger partial charge on any atom is 0.126 e. The zero-order valence-corrected chi connectivity index (χ0v) is 17.5. The second kappa shape index (κ2) is 7.73. The largest absolute Gasteiger partial charge is 0.496 e. The highest BCUT2D eigenvalue weighted by Crippen LogP contribution is 2.39. The maximum absolute atomic E-state index is 5.81. The lowest BCUT2D eigenvalue weighted by Crippen LogP contribution is -1.96. The summed E-state index contributed by atoms with van der Waals surface area (Å²) in [5, 5.41) is 5.62. The molecule has 4 aromatic carbocycles. The van der Waals surface area contributed by atoms with E-state index in [2.05, 4.69) is 66.7 Å². The zero-order chi connectivity index (χ0) is 18.9. The third-order valence-corrected chi connectivity index (χ3v) is 7.56. The molecule has 0 N–H and O–H groups in total. The monoisotopic (exact) mass is 402 g/mol. The van der Waals surface area contributed by atoms with Gasteiger partial charge >= 0.3 is 0 Å². The van der Waals surface area contributed by atoms with Crippen molar-refractivity contribution in [3.05, 3.63) is 89.0 Å². The van der Waals surface area contributed by atoms with Crippen LogP contribution in [-0.2, 0) is 23.0 Å². The third kappa shape index (κ3) is 3.07. The van der Waals surface area contributed by atoms with Crippen molar-refractivity contribution >= 4 is 45.1 Å². The van der Waals surface area contributed by atoms with Crippen LogP contribution in [0, 0.1) is 0 Å². The van der Waals surface area contributed by atoms with Crippen LogP contribution in [0.2, 0.25) is 0 Å². The van der Waals surface area contributed by atoms with Crippen molar-refractivity contribution < 1.29 is 4.74 Å². The molecule has 28 heavy (non-hydrogen) atoms. The van der Waals surface area contributed by atoms with Gasteiger partial charge in [0.2, 0.25) is 0 Å². The Bertz CT molecular complexity index is 1020. The Kier molecular flexibility index (Phi) is 4.96. The van der Waals surface area contributed by atoms with E-state index in [1.807, 2.05) is 23.5 Å². The fraction of sp³-hybridized carbons (Fsp3) is 0.200. The molecule has 0 unspecified atom stereocenters. The van der Waals surface area contributed by atoms with Gasteiger partial charge < -0.3 is 4.74 Å². The summed E-state index contributed by atoms with van der Waals surface area (Å²) in [6, 6.07) is 24.5. The molecule has 0 saturated carbocycles. The molecule has 0 radical (unpaired) electrons. The molecule has 0 amide bonds. The van der Waals surface area contributed by atoms with Crippen LogP contribution in [0.1, 0.15) is 22.3 Å². The summed E-state index contributed by atoms with van der Waals surface area (Å²) in [6.07, 6.45) is 0. The van der Waals surface area contributed by atoms with Gasteiger partial charge in [-0.3, -0.25) is 0 Å². The van der Waals surface area contributed by atoms with Crippen LogP contribution in [-0.4, -0.2) is 7.11 Å². The number of rotatable bonds is 1. The van der Waals surface area contributed by atoms with Crippen molar-refractivity contribution in [2.75, 3.05) is 7.11 Å². The smallest absolute Gasteiger partial charge is 0.126 e. The fourth-order valence-corrected chi connectivity index (χ4v) is 6.40. The van der Waals surface area contributed by atoms with Crippen molar-refractivity contribution in [3.8, 4) is 5.75 Å². The van der Waals surface area contributed by atoms with Gasteiger partial charge in [0.1, 0.15) is 5.75 Å². The van der Waals surface area contributed by atoms with E-state index in [1.165, 1.54) is 43.8 Å². The fourth-order valence-electron chi connectivity index (χ4n) is 4.27. The second-order valence-electron chi connectivity index (χ2n) is 7.14. The number of hydrogen-bond donors (Lipinski definition) is 0. The highest BCUT2D eigenvalue weighted by Gasteiger charge is 2.16. The van der Waals surface area contributed by atoms with Gasteiger partial charge in [-0.25, -0.2) is 0 Å². The predicted molar refractivity (Wildman–Crippen MR) is 124 cm³/mol. The lowest BCUT2D eigenvalue weighted by molar-refractivity contribution is 0.408. The number of benzene rings is 4. The average molecular weight is 403 g/mol. The minimum Gasteiger partial charge on any atom is -0.496 e. The summed E-state index contributed by atoms with van der Waals surface area (Å²) in [5.41, 5.74) is 5.52. The van der Waals surface area contributed by atoms with Crippen LogP contribution in [0.4, 0.5) is 0 Å². The Balaban J connectivity index is 1.72. The molecule has 0 atom stereocenters. The third-order valence-electron chi connectivity index (χ3n) is 5.54. The maximum atomic E-state index is 5.81. The Morgan fingerprint density at radius 1 is 0.571 bits per heavy atom. The van der Waals surface area contributed by atoms with Crippen molar-refractivity contribution in [1.82, 2.24) is 0 Å². The molecule has 2 aliphatic rings. The predicted octanol–water partition coefficient (Wildman–Crippen LogP) is 7.18.